The Morgan fingerprint density at radius 3 is 2.69 bits per heavy atom. The normalized spacial score (nSPS) is 15.3. The van der Waals surface area contributed by atoms with Crippen LogP contribution in [0, 0.1) is 12.3 Å². The van der Waals surface area contributed by atoms with Crippen LogP contribution in [-0.4, -0.2) is 40.7 Å². The van der Waals surface area contributed by atoms with Crippen molar-refractivity contribution in [2.75, 3.05) is 24.6 Å². The molecule has 39 heavy (non-hydrogen) atoms. The number of aromatic nitrogens is 2. The number of ether oxygens (including phenoxy) is 1. The minimum atomic E-state index is -0.817. The molecule has 1 aliphatic heterocycles. The van der Waals surface area contributed by atoms with Gasteiger partial charge in [0.1, 0.15) is 17.3 Å². The van der Waals surface area contributed by atoms with Gasteiger partial charge in [-0.3, -0.25) is 4.79 Å². The van der Waals surface area contributed by atoms with Crippen molar-refractivity contribution in [3.8, 4) is 17.2 Å². The topological polar surface area (TPSA) is 88.7 Å². The van der Waals surface area contributed by atoms with Gasteiger partial charge in [0.25, 0.3) is 0 Å². The molecule has 0 amide bonds. The Labute approximate surface area is 254 Å². The van der Waals surface area contributed by atoms with Gasteiger partial charge in [-0.1, -0.05) is 18.2 Å². The maximum atomic E-state index is 11.7. The molecule has 1 aliphatic carbocycles. The molecule has 1 aromatic carbocycles. The zero-order valence-corrected chi connectivity index (χ0v) is 25.6. The van der Waals surface area contributed by atoms with E-state index >= 15 is 0 Å². The van der Waals surface area contributed by atoms with Gasteiger partial charge in [-0.2, -0.15) is 0 Å². The second kappa shape index (κ2) is 12.7. The Bertz CT molecular complexity index is 1330. The minimum absolute atomic E-state index is 0. The largest absolute Gasteiger partial charge is 1.00 e. The van der Waals surface area contributed by atoms with Crippen LogP contribution in [0.4, 0.5) is 5.82 Å². The SMILES string of the molecule is Cc1oc(-c2ccc(N3CCCCC3)nc2)nc1CCOc1cccc2c1CCC=C2CC(C)(C)C(=O)O.[H-].[Na+]. The second-order valence-corrected chi connectivity index (χ2v) is 11.0. The second-order valence-electron chi connectivity index (χ2n) is 11.0. The van der Waals surface area contributed by atoms with E-state index in [-0.39, 0.29) is 31.0 Å². The Kier molecular flexibility index (Phi) is 9.57. The molecule has 2 aliphatic rings. The van der Waals surface area contributed by atoms with E-state index in [1.807, 2.05) is 31.3 Å². The first-order chi connectivity index (χ1) is 18.3. The Balaban J connectivity index is 0.00000220. The average Bonchev–Trinajstić information content (AvgIpc) is 3.29. The summed E-state index contributed by atoms with van der Waals surface area (Å²) < 4.78 is 12.2. The number of allylic oxidation sites excluding steroid dienone is 2. The molecule has 0 bridgehead atoms. The molecule has 2 aromatic heterocycles. The molecule has 3 aromatic rings. The fourth-order valence-corrected chi connectivity index (χ4v) is 5.34. The minimum Gasteiger partial charge on any atom is -1.00 e. The van der Waals surface area contributed by atoms with Crippen molar-refractivity contribution in [3.63, 3.8) is 0 Å². The van der Waals surface area contributed by atoms with Crippen molar-refractivity contribution >= 4 is 17.4 Å². The van der Waals surface area contributed by atoms with Crippen molar-refractivity contribution in [1.29, 1.82) is 0 Å². The number of anilines is 1. The zero-order valence-electron chi connectivity index (χ0n) is 24.6. The number of fused-ring (bicyclic) bond motifs is 1. The number of aryl methyl sites for hydroxylation is 1. The maximum absolute atomic E-state index is 11.7. The number of pyridine rings is 1. The number of carboxylic acid groups (broad SMARTS) is 1. The number of oxazole rings is 1. The molecule has 7 nitrogen and oxygen atoms in total. The molecule has 3 heterocycles. The number of rotatable bonds is 9. The van der Waals surface area contributed by atoms with E-state index < -0.39 is 11.4 Å². The molecule has 5 rings (SSSR count). The Morgan fingerprint density at radius 2 is 1.97 bits per heavy atom. The van der Waals surface area contributed by atoms with E-state index in [1.54, 1.807) is 13.8 Å². The van der Waals surface area contributed by atoms with Gasteiger partial charge in [0, 0.05) is 31.3 Å². The van der Waals surface area contributed by atoms with Crippen LogP contribution in [0.1, 0.15) is 70.0 Å². The molecule has 202 valence electrons. The fourth-order valence-electron chi connectivity index (χ4n) is 5.34. The Hall–Kier alpha value is -2.61. The summed E-state index contributed by atoms with van der Waals surface area (Å²) in [6.07, 6.45) is 10.7. The Morgan fingerprint density at radius 1 is 1.18 bits per heavy atom. The summed E-state index contributed by atoms with van der Waals surface area (Å²) >= 11 is 0. The maximum Gasteiger partial charge on any atom is 1.00 e. The van der Waals surface area contributed by atoms with Crippen molar-refractivity contribution in [2.45, 2.75) is 65.7 Å². The predicted octanol–water partition coefficient (Wildman–Crippen LogP) is 3.60. The third-order valence-corrected chi connectivity index (χ3v) is 7.64. The van der Waals surface area contributed by atoms with Gasteiger partial charge >= 0.3 is 35.5 Å². The first-order valence-corrected chi connectivity index (χ1v) is 13.7. The van der Waals surface area contributed by atoms with E-state index in [4.69, 9.17) is 14.1 Å². The standard InChI is InChI=1S/C31H37N3O4.Na.H/c1-21-26(33-29(38-21)23-13-14-28(32-20-23)34-16-5-4-6-17-34)15-18-37-27-12-8-10-24-22(9-7-11-25(24)27)19-31(2,3)30(35)36;;/h8-10,12-14,20H,4-7,11,15-19H2,1-3H3,(H,35,36);;/q;+1;-1. The molecular weight excluding hydrogens is 501 g/mol. The first-order valence-electron chi connectivity index (χ1n) is 13.7. The number of carbonyl (C=O) groups is 1. The average molecular weight is 540 g/mol. The number of hydrogen-bond donors (Lipinski definition) is 1. The zero-order chi connectivity index (χ0) is 26.7. The van der Waals surface area contributed by atoms with Crippen LogP contribution in [0.25, 0.3) is 17.0 Å². The molecule has 0 unspecified atom stereocenters. The molecule has 1 N–H and O–H groups in total. The summed E-state index contributed by atoms with van der Waals surface area (Å²) in [6.45, 7) is 8.10. The van der Waals surface area contributed by atoms with Gasteiger partial charge in [-0.15, -0.1) is 0 Å². The summed E-state index contributed by atoms with van der Waals surface area (Å²) in [5.41, 5.74) is 4.28. The summed E-state index contributed by atoms with van der Waals surface area (Å²) in [4.78, 5) is 23.4. The van der Waals surface area contributed by atoms with E-state index in [9.17, 15) is 9.90 Å². The smallest absolute Gasteiger partial charge is 1.00 e. The van der Waals surface area contributed by atoms with Gasteiger partial charge < -0.3 is 20.6 Å². The summed E-state index contributed by atoms with van der Waals surface area (Å²) in [6, 6.07) is 10.2. The quantitative estimate of drug-likeness (QED) is 0.416. The molecular formula is C31H38N3NaO4. The molecule has 0 spiro atoms. The molecule has 1 fully saturated rings. The molecule has 1 saturated heterocycles. The predicted molar refractivity (Wildman–Crippen MR) is 150 cm³/mol. The van der Waals surface area contributed by atoms with Gasteiger partial charge in [0.2, 0.25) is 5.89 Å². The first kappa shape index (κ1) is 29.4. The summed E-state index contributed by atoms with van der Waals surface area (Å²) in [5, 5.41) is 9.59. The van der Waals surface area contributed by atoms with Crippen LogP contribution in [0.2, 0.25) is 0 Å². The van der Waals surface area contributed by atoms with Crippen LogP contribution in [0.5, 0.6) is 5.75 Å². The number of hydrogen-bond acceptors (Lipinski definition) is 6. The van der Waals surface area contributed by atoms with Crippen molar-refractivity contribution in [3.05, 3.63) is 65.2 Å². The number of nitrogens with zero attached hydrogens (tertiary/aromatic N) is 3. The number of aliphatic carboxylic acids is 1. The molecule has 0 saturated carbocycles. The number of piperidine rings is 1. The van der Waals surface area contributed by atoms with E-state index in [1.165, 1.54) is 19.3 Å². The van der Waals surface area contributed by atoms with Crippen LogP contribution in [-0.2, 0) is 17.6 Å². The number of benzene rings is 1. The fraction of sp³-hybridized carbons (Fsp3) is 0.452. The van der Waals surface area contributed by atoms with Crippen LogP contribution in [0.15, 0.2) is 47.0 Å². The van der Waals surface area contributed by atoms with Gasteiger partial charge in [0.05, 0.1) is 23.3 Å². The van der Waals surface area contributed by atoms with Crippen molar-refractivity contribution in [1.82, 2.24) is 9.97 Å². The summed E-state index contributed by atoms with van der Waals surface area (Å²) in [7, 11) is 0. The van der Waals surface area contributed by atoms with E-state index in [2.05, 4.69) is 28.1 Å². The molecule has 8 heteroatoms. The van der Waals surface area contributed by atoms with E-state index in [0.717, 1.165) is 71.2 Å². The third kappa shape index (κ3) is 6.76. The number of carboxylic acids is 1. The molecule has 0 atom stereocenters. The summed E-state index contributed by atoms with van der Waals surface area (Å²) in [5.74, 6) is 2.47. The van der Waals surface area contributed by atoms with Crippen LogP contribution in [0.3, 0.4) is 0 Å². The van der Waals surface area contributed by atoms with Gasteiger partial charge in [-0.05, 0) is 88.6 Å². The van der Waals surface area contributed by atoms with Crippen molar-refractivity contribution in [2.24, 2.45) is 5.41 Å². The van der Waals surface area contributed by atoms with Crippen LogP contribution >= 0.6 is 0 Å². The van der Waals surface area contributed by atoms with Crippen molar-refractivity contribution < 1.29 is 50.0 Å². The molecule has 0 radical (unpaired) electrons. The van der Waals surface area contributed by atoms with Crippen LogP contribution < -0.4 is 39.2 Å². The van der Waals surface area contributed by atoms with E-state index in [0.29, 0.717) is 25.3 Å². The van der Waals surface area contributed by atoms with Gasteiger partial charge in [-0.25, -0.2) is 9.97 Å². The van der Waals surface area contributed by atoms with Gasteiger partial charge in [0.15, 0.2) is 0 Å². The third-order valence-electron chi connectivity index (χ3n) is 7.64. The monoisotopic (exact) mass is 539 g/mol.